The SMILES string of the molecule is Cc1ccc(-c2csc3ncnc(N4CCC(O)CC4)c23)cc1.O=C(O)C(F)(F)F. The van der Waals surface area contributed by atoms with Crippen molar-refractivity contribution in [3.63, 3.8) is 0 Å². The molecule has 2 N–H and O–H groups in total. The quantitative estimate of drug-likeness (QED) is 0.621. The Bertz CT molecular complexity index is 1010. The minimum atomic E-state index is -5.08. The number of carboxylic acids is 1. The molecule has 1 aliphatic rings. The van der Waals surface area contributed by atoms with Crippen LogP contribution in [0.15, 0.2) is 36.0 Å². The van der Waals surface area contributed by atoms with E-state index in [4.69, 9.17) is 9.90 Å². The number of aromatic nitrogens is 2. The first-order valence-electron chi connectivity index (χ1n) is 9.19. The van der Waals surface area contributed by atoms with Crippen LogP contribution in [0.2, 0.25) is 0 Å². The Morgan fingerprint density at radius 2 is 1.77 bits per heavy atom. The van der Waals surface area contributed by atoms with E-state index in [0.717, 1.165) is 42.0 Å². The number of anilines is 1. The Morgan fingerprint density at radius 3 is 2.33 bits per heavy atom. The third-order valence-corrected chi connectivity index (χ3v) is 5.61. The third kappa shape index (κ3) is 5.06. The molecular formula is C20H20F3N3O3S. The first kappa shape index (κ1) is 22.0. The molecule has 1 saturated heterocycles. The average Bonchev–Trinajstić information content (AvgIpc) is 3.13. The molecule has 0 radical (unpaired) electrons. The fourth-order valence-corrected chi connectivity index (χ4v) is 4.03. The molecule has 1 aromatic carbocycles. The second-order valence-electron chi connectivity index (χ2n) is 6.91. The largest absolute Gasteiger partial charge is 0.490 e. The highest BCUT2D eigenvalue weighted by Crippen LogP contribution is 2.38. The number of carbonyl (C=O) groups is 1. The van der Waals surface area contributed by atoms with Crippen LogP contribution >= 0.6 is 11.3 Å². The first-order chi connectivity index (χ1) is 14.2. The summed E-state index contributed by atoms with van der Waals surface area (Å²) < 4.78 is 31.7. The minimum absolute atomic E-state index is 0.178. The van der Waals surface area contributed by atoms with Gasteiger partial charge in [-0.15, -0.1) is 11.3 Å². The number of rotatable bonds is 2. The van der Waals surface area contributed by atoms with Crippen molar-refractivity contribution in [2.24, 2.45) is 0 Å². The van der Waals surface area contributed by atoms with Gasteiger partial charge in [-0.25, -0.2) is 14.8 Å². The highest BCUT2D eigenvalue weighted by molar-refractivity contribution is 7.17. The summed E-state index contributed by atoms with van der Waals surface area (Å²) in [5, 5.41) is 20.2. The first-order valence-corrected chi connectivity index (χ1v) is 10.1. The molecule has 160 valence electrons. The molecule has 4 rings (SSSR count). The van der Waals surface area contributed by atoms with Gasteiger partial charge in [0.15, 0.2) is 0 Å². The summed E-state index contributed by atoms with van der Waals surface area (Å²) in [7, 11) is 0. The fraction of sp³-hybridized carbons (Fsp3) is 0.350. The summed E-state index contributed by atoms with van der Waals surface area (Å²) >= 11 is 1.66. The van der Waals surface area contributed by atoms with Crippen LogP contribution in [0.25, 0.3) is 21.3 Å². The highest BCUT2D eigenvalue weighted by Gasteiger charge is 2.38. The molecule has 0 bridgehead atoms. The van der Waals surface area contributed by atoms with Crippen LogP contribution in [0.4, 0.5) is 19.0 Å². The molecule has 3 aromatic rings. The van der Waals surface area contributed by atoms with Gasteiger partial charge < -0.3 is 15.1 Å². The summed E-state index contributed by atoms with van der Waals surface area (Å²) in [6.07, 6.45) is -2.01. The number of aliphatic carboxylic acids is 1. The highest BCUT2D eigenvalue weighted by atomic mass is 32.1. The van der Waals surface area contributed by atoms with Crippen LogP contribution in [-0.2, 0) is 4.79 Å². The van der Waals surface area contributed by atoms with Crippen molar-refractivity contribution in [2.75, 3.05) is 18.0 Å². The maximum atomic E-state index is 10.6. The number of hydrogen-bond acceptors (Lipinski definition) is 6. The number of fused-ring (bicyclic) bond motifs is 1. The molecule has 1 fully saturated rings. The molecule has 1 aliphatic heterocycles. The van der Waals surface area contributed by atoms with Crippen molar-refractivity contribution in [3.8, 4) is 11.1 Å². The maximum Gasteiger partial charge on any atom is 0.490 e. The van der Waals surface area contributed by atoms with Crippen LogP contribution in [0, 0.1) is 6.92 Å². The van der Waals surface area contributed by atoms with Crippen LogP contribution in [0.1, 0.15) is 18.4 Å². The molecule has 0 spiro atoms. The van der Waals surface area contributed by atoms with Crippen LogP contribution in [0.5, 0.6) is 0 Å². The average molecular weight is 439 g/mol. The van der Waals surface area contributed by atoms with E-state index in [2.05, 4.69) is 51.4 Å². The number of aryl methyl sites for hydroxylation is 1. The number of carboxylic acid groups (broad SMARTS) is 1. The standard InChI is InChI=1S/C18H19N3OS.C2HF3O2/c1-12-2-4-13(5-3-12)15-10-23-18-16(15)17(19-11-20-18)21-8-6-14(22)7-9-21;3-2(4,5)1(6)7/h2-5,10-11,14,22H,6-9H2,1H3;(H,6,7). The Kier molecular flexibility index (Phi) is 6.57. The minimum Gasteiger partial charge on any atom is -0.475 e. The lowest BCUT2D eigenvalue weighted by atomic mass is 10.0. The van der Waals surface area contributed by atoms with Crippen molar-refractivity contribution in [1.82, 2.24) is 9.97 Å². The molecule has 30 heavy (non-hydrogen) atoms. The summed E-state index contributed by atoms with van der Waals surface area (Å²) in [5.41, 5.74) is 3.66. The number of aliphatic hydroxyl groups is 1. The number of thiophene rings is 1. The van der Waals surface area contributed by atoms with Gasteiger partial charge in [0.05, 0.1) is 11.5 Å². The van der Waals surface area contributed by atoms with E-state index in [9.17, 15) is 18.3 Å². The van der Waals surface area contributed by atoms with Crippen molar-refractivity contribution in [1.29, 1.82) is 0 Å². The normalized spacial score (nSPS) is 15.0. The fourth-order valence-electron chi connectivity index (χ4n) is 3.12. The summed E-state index contributed by atoms with van der Waals surface area (Å²) in [6, 6.07) is 8.60. The van der Waals surface area contributed by atoms with Gasteiger partial charge in [0.1, 0.15) is 17.0 Å². The maximum absolute atomic E-state index is 10.6. The van der Waals surface area contributed by atoms with Gasteiger partial charge in [-0.05, 0) is 25.3 Å². The molecule has 0 unspecified atom stereocenters. The molecule has 3 heterocycles. The van der Waals surface area contributed by atoms with Gasteiger partial charge in [-0.2, -0.15) is 13.2 Å². The van der Waals surface area contributed by atoms with Crippen molar-refractivity contribution >= 4 is 33.3 Å². The summed E-state index contributed by atoms with van der Waals surface area (Å²) in [4.78, 5) is 21.2. The predicted molar refractivity (Wildman–Crippen MR) is 109 cm³/mol. The van der Waals surface area contributed by atoms with E-state index >= 15 is 0 Å². The van der Waals surface area contributed by atoms with Gasteiger partial charge in [-0.1, -0.05) is 29.8 Å². The molecule has 2 aromatic heterocycles. The smallest absolute Gasteiger partial charge is 0.475 e. The zero-order chi connectivity index (χ0) is 21.9. The number of piperidine rings is 1. The van der Waals surface area contributed by atoms with Gasteiger partial charge in [-0.3, -0.25) is 0 Å². The number of hydrogen-bond donors (Lipinski definition) is 2. The van der Waals surface area contributed by atoms with Crippen molar-refractivity contribution in [2.45, 2.75) is 32.0 Å². The topological polar surface area (TPSA) is 86.5 Å². The lowest BCUT2D eigenvalue weighted by molar-refractivity contribution is -0.192. The van der Waals surface area contributed by atoms with Crippen molar-refractivity contribution < 1.29 is 28.2 Å². The number of aliphatic hydroxyl groups excluding tert-OH is 1. The van der Waals surface area contributed by atoms with E-state index in [-0.39, 0.29) is 6.10 Å². The van der Waals surface area contributed by atoms with Gasteiger partial charge in [0.2, 0.25) is 0 Å². The third-order valence-electron chi connectivity index (χ3n) is 4.72. The van der Waals surface area contributed by atoms with Gasteiger partial charge in [0.25, 0.3) is 0 Å². The zero-order valence-corrected chi connectivity index (χ0v) is 16.9. The van der Waals surface area contributed by atoms with E-state index < -0.39 is 12.1 Å². The van der Waals surface area contributed by atoms with E-state index in [1.165, 1.54) is 16.7 Å². The number of halogens is 3. The number of benzene rings is 1. The summed E-state index contributed by atoms with van der Waals surface area (Å²) in [5.74, 6) is -1.76. The molecule has 0 aliphatic carbocycles. The second-order valence-corrected chi connectivity index (χ2v) is 7.77. The van der Waals surface area contributed by atoms with Crippen molar-refractivity contribution in [3.05, 3.63) is 41.5 Å². The molecule has 0 saturated carbocycles. The Labute approximate surface area is 174 Å². The second kappa shape index (κ2) is 8.97. The number of nitrogens with zero attached hydrogens (tertiary/aromatic N) is 3. The zero-order valence-electron chi connectivity index (χ0n) is 16.1. The van der Waals surface area contributed by atoms with Crippen LogP contribution < -0.4 is 4.90 Å². The Balaban J connectivity index is 0.000000318. The Morgan fingerprint density at radius 1 is 1.17 bits per heavy atom. The van der Waals surface area contributed by atoms with Gasteiger partial charge in [0, 0.05) is 24.0 Å². The molecule has 0 atom stereocenters. The molecule has 6 nitrogen and oxygen atoms in total. The lowest BCUT2D eigenvalue weighted by Crippen LogP contribution is -2.36. The number of alkyl halides is 3. The molecule has 0 amide bonds. The summed E-state index contributed by atoms with van der Waals surface area (Å²) in [6.45, 7) is 3.79. The lowest BCUT2D eigenvalue weighted by Gasteiger charge is -2.31. The van der Waals surface area contributed by atoms with E-state index in [1.54, 1.807) is 17.7 Å². The Hall–Kier alpha value is -2.72. The monoisotopic (exact) mass is 439 g/mol. The predicted octanol–water partition coefficient (Wildman–Crippen LogP) is 4.26. The van der Waals surface area contributed by atoms with Crippen LogP contribution in [-0.4, -0.2) is 51.5 Å². The van der Waals surface area contributed by atoms with E-state index in [0.29, 0.717) is 0 Å². The van der Waals surface area contributed by atoms with Gasteiger partial charge >= 0.3 is 12.1 Å². The molecular weight excluding hydrogens is 419 g/mol. The molecule has 10 heteroatoms. The van der Waals surface area contributed by atoms with E-state index in [1.807, 2.05) is 0 Å². The van der Waals surface area contributed by atoms with Crippen LogP contribution in [0.3, 0.4) is 0 Å².